The molecule has 1 aromatic rings. The van der Waals surface area contributed by atoms with Gasteiger partial charge in [-0.15, -0.1) is 11.3 Å². The predicted molar refractivity (Wildman–Crippen MR) is 80.3 cm³/mol. The molecule has 1 N–H and O–H groups in total. The van der Waals surface area contributed by atoms with Crippen LogP contribution >= 0.6 is 11.3 Å². The molecule has 2 rings (SSSR count). The molecule has 20 heavy (non-hydrogen) atoms. The molecule has 0 atom stereocenters. The van der Waals surface area contributed by atoms with Gasteiger partial charge in [0.2, 0.25) is 10.0 Å². The lowest BCUT2D eigenvalue weighted by molar-refractivity contribution is 0.202. The Kier molecular flexibility index (Phi) is 5.19. The molecule has 1 aliphatic rings. The maximum absolute atomic E-state index is 12.4. The summed E-state index contributed by atoms with van der Waals surface area (Å²) in [7, 11) is 0.316. The van der Waals surface area contributed by atoms with Gasteiger partial charge in [-0.25, -0.2) is 12.7 Å². The van der Waals surface area contributed by atoms with E-state index < -0.39 is 10.0 Å². The Morgan fingerprint density at radius 2 is 2.10 bits per heavy atom. The molecule has 0 amide bonds. The van der Waals surface area contributed by atoms with Gasteiger partial charge in [-0.2, -0.15) is 0 Å². The van der Waals surface area contributed by atoms with Gasteiger partial charge in [0, 0.05) is 23.8 Å². The molecule has 0 saturated carbocycles. The van der Waals surface area contributed by atoms with Crippen molar-refractivity contribution >= 4 is 21.4 Å². The van der Waals surface area contributed by atoms with Gasteiger partial charge in [0.15, 0.2) is 0 Å². The summed E-state index contributed by atoms with van der Waals surface area (Å²) in [6.45, 7) is 2.52. The monoisotopic (exact) mass is 318 g/mol. The lowest BCUT2D eigenvalue weighted by atomic mass is 9.97. The van der Waals surface area contributed by atoms with Gasteiger partial charge in [0.1, 0.15) is 0 Å². The van der Waals surface area contributed by atoms with Crippen LogP contribution in [0, 0.1) is 5.92 Å². The topological polar surface area (TPSA) is 60.9 Å². The highest BCUT2D eigenvalue weighted by Gasteiger charge is 2.26. The first-order valence-corrected chi connectivity index (χ1v) is 9.08. The summed E-state index contributed by atoms with van der Waals surface area (Å²) in [5, 5.41) is 10.6. The quantitative estimate of drug-likeness (QED) is 0.886. The molecule has 1 aromatic heterocycles. The standard InChI is InChI=1S/C13H22N2O3S2/c1-14-5-3-11(4-6-14)8-15(2)20(17,18)13-7-12(9-16)19-10-13/h7,10-11,16H,3-6,8-9H2,1-2H3. The molecule has 0 aliphatic carbocycles. The fraction of sp³-hybridized carbons (Fsp3) is 0.692. The number of rotatable bonds is 5. The molecular formula is C13H22N2O3S2. The summed E-state index contributed by atoms with van der Waals surface area (Å²) in [4.78, 5) is 3.25. The van der Waals surface area contributed by atoms with Gasteiger partial charge in [0.25, 0.3) is 0 Å². The Balaban J connectivity index is 2.01. The van der Waals surface area contributed by atoms with Crippen LogP contribution in [0.1, 0.15) is 17.7 Å². The predicted octanol–water partition coefficient (Wildman–Crippen LogP) is 1.20. The van der Waals surface area contributed by atoms with Crippen LogP contribution in [0.15, 0.2) is 16.3 Å². The van der Waals surface area contributed by atoms with Crippen molar-refractivity contribution in [2.75, 3.05) is 33.7 Å². The molecule has 1 aliphatic heterocycles. The van der Waals surface area contributed by atoms with Gasteiger partial charge in [0.05, 0.1) is 11.5 Å². The summed E-state index contributed by atoms with van der Waals surface area (Å²) in [5.74, 6) is 0.432. The molecule has 1 saturated heterocycles. The maximum Gasteiger partial charge on any atom is 0.243 e. The van der Waals surface area contributed by atoms with Crippen LogP contribution in [0.4, 0.5) is 0 Å². The van der Waals surface area contributed by atoms with Gasteiger partial charge in [-0.3, -0.25) is 0 Å². The molecule has 0 spiro atoms. The smallest absolute Gasteiger partial charge is 0.243 e. The Hall–Kier alpha value is -0.470. The van der Waals surface area contributed by atoms with Crippen LogP contribution in [0.2, 0.25) is 0 Å². The average molecular weight is 318 g/mol. The second-order valence-corrected chi connectivity index (χ2v) is 8.48. The van der Waals surface area contributed by atoms with E-state index in [1.165, 1.54) is 15.6 Å². The molecule has 0 unspecified atom stereocenters. The molecule has 114 valence electrons. The number of aliphatic hydroxyl groups is 1. The van der Waals surface area contributed by atoms with E-state index in [4.69, 9.17) is 5.11 Å². The lowest BCUT2D eigenvalue weighted by Gasteiger charge is -2.31. The van der Waals surface area contributed by atoms with Crippen molar-refractivity contribution in [3.8, 4) is 0 Å². The minimum absolute atomic E-state index is 0.112. The minimum Gasteiger partial charge on any atom is -0.391 e. The third-order valence-corrected chi connectivity index (χ3v) is 6.72. The van der Waals surface area contributed by atoms with Gasteiger partial charge in [-0.05, 0) is 45.0 Å². The largest absolute Gasteiger partial charge is 0.391 e. The number of sulfonamides is 1. The van der Waals surface area contributed by atoms with E-state index in [0.29, 0.717) is 22.2 Å². The normalized spacial score (nSPS) is 18.8. The minimum atomic E-state index is -3.42. The summed E-state index contributed by atoms with van der Waals surface area (Å²) in [6, 6.07) is 1.56. The van der Waals surface area contributed by atoms with Crippen molar-refractivity contribution in [2.45, 2.75) is 24.3 Å². The summed E-state index contributed by atoms with van der Waals surface area (Å²) < 4.78 is 26.3. The number of likely N-dealkylation sites (tertiary alicyclic amines) is 1. The van der Waals surface area contributed by atoms with Crippen LogP contribution in [0.5, 0.6) is 0 Å². The Bertz CT molecular complexity index is 534. The molecule has 5 nitrogen and oxygen atoms in total. The fourth-order valence-electron chi connectivity index (χ4n) is 2.46. The Morgan fingerprint density at radius 3 is 2.65 bits per heavy atom. The van der Waals surface area contributed by atoms with Crippen molar-refractivity contribution in [2.24, 2.45) is 5.92 Å². The first-order valence-electron chi connectivity index (χ1n) is 6.76. The van der Waals surface area contributed by atoms with Crippen LogP contribution in [0.3, 0.4) is 0 Å². The second kappa shape index (κ2) is 6.53. The van der Waals surface area contributed by atoms with Crippen LogP contribution in [-0.2, 0) is 16.6 Å². The summed E-state index contributed by atoms with van der Waals surface area (Å²) >= 11 is 1.28. The van der Waals surface area contributed by atoms with E-state index in [-0.39, 0.29) is 6.61 Å². The van der Waals surface area contributed by atoms with Crippen LogP contribution in [0.25, 0.3) is 0 Å². The highest BCUT2D eigenvalue weighted by Crippen LogP contribution is 2.24. The van der Waals surface area contributed by atoms with E-state index in [9.17, 15) is 8.42 Å². The maximum atomic E-state index is 12.4. The van der Waals surface area contributed by atoms with E-state index in [2.05, 4.69) is 11.9 Å². The van der Waals surface area contributed by atoms with Crippen molar-refractivity contribution in [3.05, 3.63) is 16.3 Å². The fourth-order valence-corrected chi connectivity index (χ4v) is 4.83. The molecule has 7 heteroatoms. The van der Waals surface area contributed by atoms with E-state index >= 15 is 0 Å². The zero-order valence-electron chi connectivity index (χ0n) is 11.9. The zero-order valence-corrected chi connectivity index (χ0v) is 13.6. The van der Waals surface area contributed by atoms with Gasteiger partial charge >= 0.3 is 0 Å². The van der Waals surface area contributed by atoms with Crippen molar-refractivity contribution < 1.29 is 13.5 Å². The number of nitrogens with zero attached hydrogens (tertiary/aromatic N) is 2. The van der Waals surface area contributed by atoms with E-state index in [1.54, 1.807) is 18.5 Å². The number of thiophene rings is 1. The second-order valence-electron chi connectivity index (χ2n) is 5.44. The van der Waals surface area contributed by atoms with Gasteiger partial charge < -0.3 is 10.0 Å². The first kappa shape index (κ1) is 15.9. The number of hydrogen-bond acceptors (Lipinski definition) is 5. The zero-order chi connectivity index (χ0) is 14.8. The highest BCUT2D eigenvalue weighted by atomic mass is 32.2. The van der Waals surface area contributed by atoms with Crippen LogP contribution in [-0.4, -0.2) is 56.5 Å². The third-order valence-electron chi connectivity index (χ3n) is 3.85. The van der Waals surface area contributed by atoms with E-state index in [0.717, 1.165) is 25.9 Å². The summed E-state index contributed by atoms with van der Waals surface area (Å²) in [6.07, 6.45) is 2.09. The SMILES string of the molecule is CN1CCC(CN(C)S(=O)(=O)c2csc(CO)c2)CC1. The number of hydrogen-bond donors (Lipinski definition) is 1. The third kappa shape index (κ3) is 3.59. The number of aliphatic hydroxyl groups excluding tert-OH is 1. The molecule has 0 aromatic carbocycles. The van der Waals surface area contributed by atoms with E-state index in [1.807, 2.05) is 0 Å². The number of piperidine rings is 1. The van der Waals surface area contributed by atoms with Crippen molar-refractivity contribution in [3.63, 3.8) is 0 Å². The molecule has 2 heterocycles. The molecule has 1 fully saturated rings. The Morgan fingerprint density at radius 1 is 1.45 bits per heavy atom. The highest BCUT2D eigenvalue weighted by molar-refractivity contribution is 7.89. The Labute approximate surface area is 124 Å². The van der Waals surface area contributed by atoms with Crippen LogP contribution < -0.4 is 0 Å². The first-order chi connectivity index (χ1) is 9.43. The summed E-state index contributed by atoms with van der Waals surface area (Å²) in [5.41, 5.74) is 0. The van der Waals surface area contributed by atoms with Crippen molar-refractivity contribution in [1.82, 2.24) is 9.21 Å². The molecular weight excluding hydrogens is 296 g/mol. The van der Waals surface area contributed by atoms with Gasteiger partial charge in [-0.1, -0.05) is 0 Å². The molecule has 0 bridgehead atoms. The molecule has 0 radical (unpaired) electrons. The van der Waals surface area contributed by atoms with Crippen molar-refractivity contribution in [1.29, 1.82) is 0 Å². The lowest BCUT2D eigenvalue weighted by Crippen LogP contribution is -2.37. The average Bonchev–Trinajstić information content (AvgIpc) is 2.90.